The molecular formula is C36H26N4S2. The minimum Gasteiger partial charge on any atom is -0.256 e. The Hall–Kier alpha value is -4.52. The molecule has 0 saturated heterocycles. The lowest BCUT2D eigenvalue weighted by Crippen LogP contribution is -1.90. The molecule has 0 unspecified atom stereocenters. The fourth-order valence-corrected chi connectivity index (χ4v) is 7.95. The molecule has 4 aromatic carbocycles. The monoisotopic (exact) mass is 578 g/mol. The van der Waals surface area contributed by atoms with Crippen molar-refractivity contribution in [3.05, 3.63) is 107 Å². The van der Waals surface area contributed by atoms with Gasteiger partial charge in [-0.05, 0) is 109 Å². The molecule has 0 radical (unpaired) electrons. The smallest absolute Gasteiger partial charge is 0.0903 e. The number of hydrogen-bond acceptors (Lipinski definition) is 6. The van der Waals surface area contributed by atoms with Crippen LogP contribution in [0.3, 0.4) is 0 Å². The summed E-state index contributed by atoms with van der Waals surface area (Å²) in [5.74, 6) is 0. The molecule has 0 spiro atoms. The lowest BCUT2D eigenvalue weighted by molar-refractivity contribution is 1.20. The molecule has 202 valence electrons. The van der Waals surface area contributed by atoms with Gasteiger partial charge < -0.3 is 0 Å². The fourth-order valence-electron chi connectivity index (χ4n) is 6.13. The van der Waals surface area contributed by atoms with Crippen LogP contribution < -0.4 is 0 Å². The molecule has 6 heteroatoms. The van der Waals surface area contributed by atoms with Crippen molar-refractivity contribution in [2.45, 2.75) is 27.7 Å². The maximum atomic E-state index is 4.86. The van der Waals surface area contributed by atoms with E-state index in [0.29, 0.717) is 0 Å². The average Bonchev–Trinajstić information content (AvgIpc) is 3.53. The Morgan fingerprint density at radius 3 is 1.12 bits per heavy atom. The Balaban J connectivity index is 1.17. The van der Waals surface area contributed by atoms with Crippen LogP contribution >= 0.6 is 22.7 Å². The Morgan fingerprint density at radius 1 is 0.452 bits per heavy atom. The third-order valence-corrected chi connectivity index (χ3v) is 10.2. The van der Waals surface area contributed by atoms with Gasteiger partial charge >= 0.3 is 0 Å². The van der Waals surface area contributed by atoms with Crippen molar-refractivity contribution in [2.24, 2.45) is 0 Å². The van der Waals surface area contributed by atoms with E-state index in [-0.39, 0.29) is 0 Å². The number of rotatable bonds is 4. The van der Waals surface area contributed by atoms with Gasteiger partial charge in [0.25, 0.3) is 0 Å². The van der Waals surface area contributed by atoms with Crippen LogP contribution in [0.5, 0.6) is 0 Å². The second kappa shape index (κ2) is 9.51. The van der Waals surface area contributed by atoms with E-state index in [4.69, 9.17) is 9.97 Å². The van der Waals surface area contributed by atoms with Gasteiger partial charge in [0.15, 0.2) is 0 Å². The molecule has 4 nitrogen and oxygen atoms in total. The molecule has 0 fully saturated rings. The molecular weight excluding hydrogens is 553 g/mol. The molecule has 42 heavy (non-hydrogen) atoms. The number of hydrogen-bond donors (Lipinski definition) is 0. The van der Waals surface area contributed by atoms with Gasteiger partial charge in [0.05, 0.1) is 42.5 Å². The van der Waals surface area contributed by atoms with E-state index in [1.165, 1.54) is 42.1 Å². The quantitative estimate of drug-likeness (QED) is 0.195. The van der Waals surface area contributed by atoms with Crippen LogP contribution in [0.4, 0.5) is 0 Å². The van der Waals surface area contributed by atoms with Crippen molar-refractivity contribution in [3.63, 3.8) is 0 Å². The normalized spacial score (nSPS) is 11.8. The maximum Gasteiger partial charge on any atom is 0.0903 e. The van der Waals surface area contributed by atoms with Crippen molar-refractivity contribution >= 4 is 55.0 Å². The van der Waals surface area contributed by atoms with Crippen LogP contribution in [-0.2, 0) is 0 Å². The molecule has 0 atom stereocenters. The molecule has 4 heterocycles. The summed E-state index contributed by atoms with van der Waals surface area (Å²) in [6, 6.07) is 26.6. The number of aromatic nitrogens is 4. The van der Waals surface area contributed by atoms with Gasteiger partial charge in [-0.1, -0.05) is 24.3 Å². The van der Waals surface area contributed by atoms with Gasteiger partial charge in [-0.2, -0.15) is 0 Å². The first kappa shape index (κ1) is 25.2. The standard InChI is InChI=1S/C36H26N4S2/c1-19-35(41-21(3)39-19)27-9-11-31(37-17-27)29-13-23-5-7-25-15-30(16-26-8-6-24(14-29)33(23)34(25)26)32-12-10-28(18-38-32)36-20(2)40-22(4)42-36/h5-18H,1-4H3. The third-order valence-electron chi connectivity index (χ3n) is 7.98. The third kappa shape index (κ3) is 4.10. The molecule has 8 aromatic rings. The topological polar surface area (TPSA) is 51.6 Å². The second-order valence-corrected chi connectivity index (χ2v) is 13.3. The number of thiazole rings is 2. The van der Waals surface area contributed by atoms with Crippen LogP contribution in [0, 0.1) is 27.7 Å². The summed E-state index contributed by atoms with van der Waals surface area (Å²) in [7, 11) is 0. The summed E-state index contributed by atoms with van der Waals surface area (Å²) >= 11 is 3.44. The highest BCUT2D eigenvalue weighted by atomic mass is 32.1. The second-order valence-electron chi connectivity index (χ2n) is 10.9. The SMILES string of the molecule is Cc1nc(C)c(-c2ccc(-c3cc4ccc5cc(-c6ccc(-c7sc(C)nc7C)cn6)cc6ccc(c3)c4c56)nc2)s1. The molecule has 0 amide bonds. The molecule has 8 rings (SSSR count). The predicted octanol–water partition coefficient (Wildman–Crippen LogP) is 10.2. The summed E-state index contributed by atoms with van der Waals surface area (Å²) in [6.45, 7) is 8.22. The zero-order valence-corrected chi connectivity index (χ0v) is 25.3. The lowest BCUT2D eigenvalue weighted by Gasteiger charge is -2.14. The van der Waals surface area contributed by atoms with E-state index < -0.39 is 0 Å². The van der Waals surface area contributed by atoms with Gasteiger partial charge in [0, 0.05) is 34.6 Å². The number of pyridine rings is 2. The van der Waals surface area contributed by atoms with E-state index in [2.05, 4.69) is 96.6 Å². The zero-order chi connectivity index (χ0) is 28.5. The van der Waals surface area contributed by atoms with Gasteiger partial charge in [0.2, 0.25) is 0 Å². The van der Waals surface area contributed by atoms with E-state index in [9.17, 15) is 0 Å². The van der Waals surface area contributed by atoms with E-state index in [1.54, 1.807) is 22.7 Å². The first-order chi connectivity index (χ1) is 20.4. The fraction of sp³-hybridized carbons (Fsp3) is 0.111. The van der Waals surface area contributed by atoms with Gasteiger partial charge in [-0.3, -0.25) is 9.97 Å². The predicted molar refractivity (Wildman–Crippen MR) is 178 cm³/mol. The van der Waals surface area contributed by atoms with E-state index in [1.807, 2.05) is 26.2 Å². The van der Waals surface area contributed by atoms with Gasteiger partial charge in [0.1, 0.15) is 0 Å². The lowest BCUT2D eigenvalue weighted by atomic mass is 9.90. The molecule has 0 saturated carbocycles. The average molecular weight is 579 g/mol. The summed E-state index contributed by atoms with van der Waals surface area (Å²) in [5.41, 5.74) is 8.56. The number of benzene rings is 4. The molecule has 4 aromatic heterocycles. The highest BCUT2D eigenvalue weighted by Crippen LogP contribution is 2.40. The minimum atomic E-state index is 0.976. The molecule has 0 bridgehead atoms. The summed E-state index contributed by atoms with van der Waals surface area (Å²) in [4.78, 5) is 21.2. The van der Waals surface area contributed by atoms with E-state index >= 15 is 0 Å². The van der Waals surface area contributed by atoms with Crippen molar-refractivity contribution in [2.75, 3.05) is 0 Å². The van der Waals surface area contributed by atoms with Gasteiger partial charge in [-0.15, -0.1) is 22.7 Å². The van der Waals surface area contributed by atoms with Crippen molar-refractivity contribution < 1.29 is 0 Å². The summed E-state index contributed by atoms with van der Waals surface area (Å²) < 4.78 is 0. The molecule has 0 aliphatic heterocycles. The first-order valence-corrected chi connectivity index (χ1v) is 15.6. The Labute approximate surface area is 251 Å². The van der Waals surface area contributed by atoms with Gasteiger partial charge in [-0.25, -0.2) is 9.97 Å². The largest absolute Gasteiger partial charge is 0.256 e. The van der Waals surface area contributed by atoms with Crippen LogP contribution in [0.15, 0.2) is 85.2 Å². The number of nitrogens with zero attached hydrogens (tertiary/aromatic N) is 4. The Bertz CT molecular complexity index is 2050. The highest BCUT2D eigenvalue weighted by Gasteiger charge is 2.15. The highest BCUT2D eigenvalue weighted by molar-refractivity contribution is 7.15. The minimum absolute atomic E-state index is 0.976. The first-order valence-electron chi connectivity index (χ1n) is 14.0. The zero-order valence-electron chi connectivity index (χ0n) is 23.7. The summed E-state index contributed by atoms with van der Waals surface area (Å²) in [6.07, 6.45) is 3.95. The molecule has 0 aliphatic carbocycles. The molecule has 0 N–H and O–H groups in total. The van der Waals surface area contributed by atoms with Crippen molar-refractivity contribution in [3.8, 4) is 43.4 Å². The maximum absolute atomic E-state index is 4.86. The van der Waals surface area contributed by atoms with Crippen molar-refractivity contribution in [1.82, 2.24) is 19.9 Å². The Morgan fingerprint density at radius 2 is 0.833 bits per heavy atom. The van der Waals surface area contributed by atoms with E-state index in [0.717, 1.165) is 55.0 Å². The molecule has 0 aliphatic rings. The van der Waals surface area contributed by atoms with Crippen LogP contribution in [0.25, 0.3) is 75.7 Å². The summed E-state index contributed by atoms with van der Waals surface area (Å²) in [5, 5.41) is 9.67. The Kier molecular flexibility index (Phi) is 5.71. The van der Waals surface area contributed by atoms with Crippen LogP contribution in [-0.4, -0.2) is 19.9 Å². The van der Waals surface area contributed by atoms with Crippen LogP contribution in [0.1, 0.15) is 21.4 Å². The number of aryl methyl sites for hydroxylation is 4. The van der Waals surface area contributed by atoms with Crippen molar-refractivity contribution in [1.29, 1.82) is 0 Å². The van der Waals surface area contributed by atoms with Crippen LogP contribution in [0.2, 0.25) is 0 Å².